The highest BCUT2D eigenvalue weighted by Crippen LogP contribution is 2.34. The third kappa shape index (κ3) is 2.72. The molecule has 0 aromatic heterocycles. The molecule has 1 aliphatic rings. The van der Waals surface area contributed by atoms with Crippen molar-refractivity contribution in [3.8, 4) is 11.5 Å². The highest BCUT2D eigenvalue weighted by molar-refractivity contribution is 6.12. The van der Waals surface area contributed by atoms with Gasteiger partial charge in [0, 0.05) is 6.07 Å². The first kappa shape index (κ1) is 13.2. The second-order valence-electron chi connectivity index (χ2n) is 4.92. The molecular weight excluding hydrogens is 264 g/mol. The molecule has 21 heavy (non-hydrogen) atoms. The third-order valence-electron chi connectivity index (χ3n) is 3.21. The Bertz CT molecular complexity index is 755. The molecule has 0 amide bonds. The molecule has 1 heterocycles. The molecule has 0 bridgehead atoms. The summed E-state index contributed by atoms with van der Waals surface area (Å²) in [4.78, 5) is 12.2. The summed E-state index contributed by atoms with van der Waals surface area (Å²) in [6, 6.07) is 14.4. The van der Waals surface area contributed by atoms with Crippen LogP contribution in [-0.2, 0) is 0 Å². The topological polar surface area (TPSA) is 46.5 Å². The molecule has 1 aliphatic heterocycles. The number of rotatable bonds is 2. The van der Waals surface area contributed by atoms with E-state index in [0.717, 1.165) is 11.1 Å². The van der Waals surface area contributed by atoms with Gasteiger partial charge in [-0.05, 0) is 36.3 Å². The number of benzene rings is 2. The first-order chi connectivity index (χ1) is 10.1. The normalized spacial score (nSPS) is 16.0. The number of carbonyl (C=O) groups is 1. The van der Waals surface area contributed by atoms with Gasteiger partial charge in [0.25, 0.3) is 0 Å². The van der Waals surface area contributed by atoms with Crippen molar-refractivity contribution in [2.24, 2.45) is 0 Å². The number of allylic oxidation sites excluding steroid dienone is 3. The molecule has 0 saturated heterocycles. The summed E-state index contributed by atoms with van der Waals surface area (Å²) in [5.41, 5.74) is 2.46. The fourth-order valence-electron chi connectivity index (χ4n) is 2.24. The molecule has 2 aromatic rings. The minimum Gasteiger partial charge on any atom is -0.508 e. The number of ether oxygens (including phenoxy) is 1. The largest absolute Gasteiger partial charge is 0.508 e. The van der Waals surface area contributed by atoms with E-state index in [2.05, 4.69) is 0 Å². The molecule has 3 rings (SSSR count). The van der Waals surface area contributed by atoms with E-state index >= 15 is 0 Å². The predicted molar refractivity (Wildman–Crippen MR) is 81.2 cm³/mol. The summed E-state index contributed by atoms with van der Waals surface area (Å²) in [6.07, 6.45) is 3.69. The standard InChI is InChI=1S/C18H14O3/c1-12(9-13-5-3-2-4-6-13)10-17-18(20)15-8-7-14(19)11-16(15)21-17/h2-11,19H,1H3/b12-9-,17-10+. The Hall–Kier alpha value is -2.81. The maximum Gasteiger partial charge on any atom is 0.231 e. The number of fused-ring (bicyclic) bond motifs is 1. The highest BCUT2D eigenvalue weighted by atomic mass is 16.5. The van der Waals surface area contributed by atoms with Crippen LogP contribution in [0.5, 0.6) is 11.5 Å². The van der Waals surface area contributed by atoms with Crippen molar-refractivity contribution in [3.05, 3.63) is 77.1 Å². The van der Waals surface area contributed by atoms with Gasteiger partial charge in [0.15, 0.2) is 5.76 Å². The summed E-state index contributed by atoms with van der Waals surface area (Å²) >= 11 is 0. The van der Waals surface area contributed by atoms with Crippen LogP contribution < -0.4 is 4.74 Å². The molecule has 0 radical (unpaired) electrons. The first-order valence-electron chi connectivity index (χ1n) is 6.64. The van der Waals surface area contributed by atoms with Crippen molar-refractivity contribution in [1.82, 2.24) is 0 Å². The maximum atomic E-state index is 12.2. The van der Waals surface area contributed by atoms with E-state index in [0.29, 0.717) is 11.3 Å². The summed E-state index contributed by atoms with van der Waals surface area (Å²) < 4.78 is 5.52. The molecule has 1 N–H and O–H groups in total. The lowest BCUT2D eigenvalue weighted by molar-refractivity contribution is 0.101. The van der Waals surface area contributed by atoms with E-state index in [-0.39, 0.29) is 17.3 Å². The minimum absolute atomic E-state index is 0.0827. The van der Waals surface area contributed by atoms with E-state index in [4.69, 9.17) is 4.74 Å². The van der Waals surface area contributed by atoms with E-state index in [1.54, 1.807) is 12.1 Å². The number of carbonyl (C=O) groups excluding carboxylic acids is 1. The molecule has 0 unspecified atom stereocenters. The van der Waals surface area contributed by atoms with E-state index in [9.17, 15) is 9.90 Å². The molecule has 0 spiro atoms. The average Bonchev–Trinajstić information content (AvgIpc) is 2.75. The van der Waals surface area contributed by atoms with E-state index < -0.39 is 0 Å². The minimum atomic E-state index is -0.161. The van der Waals surface area contributed by atoms with Gasteiger partial charge in [0.2, 0.25) is 5.78 Å². The Balaban J connectivity index is 1.89. The van der Waals surface area contributed by atoms with Gasteiger partial charge >= 0.3 is 0 Å². The van der Waals surface area contributed by atoms with Gasteiger partial charge in [-0.3, -0.25) is 4.79 Å². The van der Waals surface area contributed by atoms with Gasteiger partial charge in [0.1, 0.15) is 11.5 Å². The van der Waals surface area contributed by atoms with Gasteiger partial charge in [-0.2, -0.15) is 0 Å². The van der Waals surface area contributed by atoms with Gasteiger partial charge in [-0.15, -0.1) is 0 Å². The summed E-state index contributed by atoms with van der Waals surface area (Å²) in [6.45, 7) is 1.91. The molecule has 3 nitrogen and oxygen atoms in total. The van der Waals surface area contributed by atoms with Crippen LogP contribution in [0.15, 0.2) is 65.9 Å². The van der Waals surface area contributed by atoms with E-state index in [1.165, 1.54) is 12.1 Å². The zero-order valence-electron chi connectivity index (χ0n) is 11.5. The number of ketones is 1. The quantitative estimate of drug-likeness (QED) is 0.846. The number of Topliss-reactive ketones (excluding diaryl/α,β-unsaturated/α-hetero) is 1. The lowest BCUT2D eigenvalue weighted by atomic mass is 10.1. The Kier molecular flexibility index (Phi) is 3.32. The van der Waals surface area contributed by atoms with Crippen LogP contribution in [0.2, 0.25) is 0 Å². The Morgan fingerprint density at radius 2 is 1.90 bits per heavy atom. The zero-order valence-corrected chi connectivity index (χ0v) is 11.5. The summed E-state index contributed by atoms with van der Waals surface area (Å²) in [7, 11) is 0. The van der Waals surface area contributed by atoms with Crippen LogP contribution >= 0.6 is 0 Å². The van der Waals surface area contributed by atoms with Crippen molar-refractivity contribution in [2.75, 3.05) is 0 Å². The Morgan fingerprint density at radius 1 is 1.14 bits per heavy atom. The van der Waals surface area contributed by atoms with Crippen LogP contribution in [0.3, 0.4) is 0 Å². The number of hydrogen-bond donors (Lipinski definition) is 1. The van der Waals surface area contributed by atoms with Gasteiger partial charge in [-0.25, -0.2) is 0 Å². The molecule has 3 heteroatoms. The van der Waals surface area contributed by atoms with Crippen molar-refractivity contribution in [3.63, 3.8) is 0 Å². The number of phenolic OH excluding ortho intramolecular Hbond substituents is 1. The SMILES string of the molecule is CC(=C/c1ccccc1)/C=C1/Oc2cc(O)ccc2C1=O. The number of hydrogen-bond acceptors (Lipinski definition) is 3. The molecule has 0 atom stereocenters. The van der Waals surface area contributed by atoms with Crippen LogP contribution in [0.1, 0.15) is 22.8 Å². The van der Waals surface area contributed by atoms with Crippen molar-refractivity contribution >= 4 is 11.9 Å². The predicted octanol–water partition coefficient (Wildman–Crippen LogP) is 3.95. The average molecular weight is 278 g/mol. The first-order valence-corrected chi connectivity index (χ1v) is 6.64. The molecule has 104 valence electrons. The van der Waals surface area contributed by atoms with Crippen molar-refractivity contribution < 1.29 is 14.6 Å². The molecule has 0 aliphatic carbocycles. The van der Waals surface area contributed by atoms with Gasteiger partial charge < -0.3 is 9.84 Å². The molecule has 0 fully saturated rings. The fraction of sp³-hybridized carbons (Fsp3) is 0.0556. The zero-order chi connectivity index (χ0) is 14.8. The number of aromatic hydroxyl groups is 1. The monoisotopic (exact) mass is 278 g/mol. The summed E-state index contributed by atoms with van der Waals surface area (Å²) in [5, 5.41) is 9.42. The van der Waals surface area contributed by atoms with Crippen molar-refractivity contribution in [2.45, 2.75) is 6.92 Å². The molecule has 0 saturated carbocycles. The van der Waals surface area contributed by atoms with Gasteiger partial charge in [0.05, 0.1) is 5.56 Å². The molecular formula is C18H14O3. The van der Waals surface area contributed by atoms with Crippen molar-refractivity contribution in [1.29, 1.82) is 0 Å². The second kappa shape index (κ2) is 5.29. The van der Waals surface area contributed by atoms with Crippen LogP contribution in [0.4, 0.5) is 0 Å². The van der Waals surface area contributed by atoms with Crippen LogP contribution in [0.25, 0.3) is 6.08 Å². The highest BCUT2D eigenvalue weighted by Gasteiger charge is 2.27. The van der Waals surface area contributed by atoms with E-state index in [1.807, 2.05) is 43.3 Å². The van der Waals surface area contributed by atoms with Gasteiger partial charge in [-0.1, -0.05) is 36.4 Å². The lowest BCUT2D eigenvalue weighted by Gasteiger charge is -1.99. The van der Waals surface area contributed by atoms with Crippen LogP contribution in [-0.4, -0.2) is 10.9 Å². The lowest BCUT2D eigenvalue weighted by Crippen LogP contribution is -1.98. The summed E-state index contributed by atoms with van der Waals surface area (Å²) in [5.74, 6) is 0.601. The number of phenols is 1. The Morgan fingerprint density at radius 3 is 2.67 bits per heavy atom. The second-order valence-corrected chi connectivity index (χ2v) is 4.92. The fourth-order valence-corrected chi connectivity index (χ4v) is 2.24. The van der Waals surface area contributed by atoms with Crippen LogP contribution in [0, 0.1) is 0 Å². The molecule has 2 aromatic carbocycles. The third-order valence-corrected chi connectivity index (χ3v) is 3.21. The maximum absolute atomic E-state index is 12.2. The smallest absolute Gasteiger partial charge is 0.231 e. The Labute approximate surface area is 122 Å².